The molecule has 0 atom stereocenters. The third-order valence-corrected chi connectivity index (χ3v) is 5.46. The summed E-state index contributed by atoms with van der Waals surface area (Å²) in [6.07, 6.45) is 1.41. The van der Waals surface area contributed by atoms with Gasteiger partial charge >= 0.3 is 0 Å². The van der Waals surface area contributed by atoms with Gasteiger partial charge in [0.15, 0.2) is 0 Å². The maximum Gasteiger partial charge on any atom is 0.241 e. The zero-order chi connectivity index (χ0) is 18.2. The normalized spacial score (nSPS) is 15.5. The Bertz CT molecular complexity index is 939. The second-order valence-electron chi connectivity index (χ2n) is 5.96. The first-order chi connectivity index (χ1) is 11.8. The van der Waals surface area contributed by atoms with E-state index >= 15 is 0 Å². The first-order valence-corrected chi connectivity index (χ1v) is 9.47. The van der Waals surface area contributed by atoms with Crippen LogP contribution < -0.4 is 15.2 Å². The van der Waals surface area contributed by atoms with Crippen LogP contribution in [0.4, 0.5) is 5.69 Å². The number of ether oxygens (including phenoxy) is 1. The first-order valence-electron chi connectivity index (χ1n) is 7.55. The Morgan fingerprint density at radius 1 is 1.24 bits per heavy atom. The van der Waals surface area contributed by atoms with Gasteiger partial charge in [-0.05, 0) is 48.7 Å². The van der Waals surface area contributed by atoms with E-state index in [0.29, 0.717) is 23.6 Å². The minimum atomic E-state index is -3.98. The molecule has 1 saturated carbocycles. The highest BCUT2D eigenvalue weighted by Crippen LogP contribution is 2.49. The van der Waals surface area contributed by atoms with E-state index in [-0.39, 0.29) is 16.6 Å². The second-order valence-corrected chi connectivity index (χ2v) is 7.92. The molecule has 0 aromatic heterocycles. The van der Waals surface area contributed by atoms with Gasteiger partial charge in [-0.15, -0.1) is 0 Å². The average molecular weight is 381 g/mol. The van der Waals surface area contributed by atoms with Crippen molar-refractivity contribution in [2.45, 2.75) is 23.2 Å². The number of carbonyl (C=O) groups excluding carboxylic acids is 1. The predicted octanol–water partition coefficient (Wildman–Crippen LogP) is 2.67. The number of nitrogens with one attached hydrogen (secondary N) is 1. The van der Waals surface area contributed by atoms with Crippen molar-refractivity contribution in [3.63, 3.8) is 0 Å². The number of nitrogens with two attached hydrogens (primary N) is 1. The average Bonchev–Trinajstić information content (AvgIpc) is 3.36. The molecule has 0 bridgehead atoms. The number of rotatable bonds is 5. The van der Waals surface area contributed by atoms with Crippen molar-refractivity contribution in [3.05, 3.63) is 53.1 Å². The number of amides is 1. The van der Waals surface area contributed by atoms with Crippen LogP contribution in [-0.2, 0) is 20.2 Å². The summed E-state index contributed by atoms with van der Waals surface area (Å²) in [5, 5.41) is 8.54. The molecule has 1 fully saturated rings. The Balaban J connectivity index is 1.89. The van der Waals surface area contributed by atoms with E-state index in [1.165, 1.54) is 19.2 Å². The van der Waals surface area contributed by atoms with Gasteiger partial charge in [0.2, 0.25) is 15.9 Å². The highest BCUT2D eigenvalue weighted by Gasteiger charge is 2.51. The van der Waals surface area contributed by atoms with Crippen LogP contribution in [0.2, 0.25) is 5.02 Å². The molecule has 0 radical (unpaired) electrons. The van der Waals surface area contributed by atoms with Crippen LogP contribution in [0.3, 0.4) is 0 Å². The molecular formula is C17H17ClN2O4S. The van der Waals surface area contributed by atoms with Crippen LogP contribution in [-0.4, -0.2) is 21.4 Å². The maximum atomic E-state index is 12.8. The van der Waals surface area contributed by atoms with Crippen molar-refractivity contribution in [1.82, 2.24) is 0 Å². The third-order valence-electron chi connectivity index (χ3n) is 4.29. The Morgan fingerprint density at radius 3 is 2.52 bits per heavy atom. The van der Waals surface area contributed by atoms with Gasteiger partial charge in [-0.25, -0.2) is 13.6 Å². The van der Waals surface area contributed by atoms with Crippen LogP contribution in [0.1, 0.15) is 18.4 Å². The van der Waals surface area contributed by atoms with Gasteiger partial charge in [-0.3, -0.25) is 4.79 Å². The van der Waals surface area contributed by atoms with Crippen LogP contribution in [0.15, 0.2) is 47.4 Å². The van der Waals surface area contributed by atoms with Gasteiger partial charge in [0.1, 0.15) is 10.6 Å². The molecule has 6 nitrogen and oxygen atoms in total. The summed E-state index contributed by atoms with van der Waals surface area (Å²) < 4.78 is 28.4. The summed E-state index contributed by atoms with van der Waals surface area (Å²) in [5.41, 5.74) is 0.549. The van der Waals surface area contributed by atoms with E-state index in [4.69, 9.17) is 21.5 Å². The number of carbonyl (C=O) groups is 1. The zero-order valence-corrected chi connectivity index (χ0v) is 15.0. The standard InChI is InChI=1S/C17H17ClN2O4S/c1-24-14-6-5-13(10-15(14)25(19,22)23)20-16(21)17(7-8-17)11-3-2-4-12(18)9-11/h2-6,9-10H,7-8H2,1H3,(H,20,21)(H2,19,22,23). The number of hydrogen-bond donors (Lipinski definition) is 2. The van der Waals surface area contributed by atoms with E-state index in [0.717, 1.165) is 5.56 Å². The Kier molecular flexibility index (Phi) is 4.49. The fourth-order valence-corrected chi connectivity index (χ4v) is 3.70. The van der Waals surface area contributed by atoms with Crippen molar-refractivity contribution < 1.29 is 17.9 Å². The molecule has 132 valence electrons. The van der Waals surface area contributed by atoms with Crippen molar-refractivity contribution in [3.8, 4) is 5.75 Å². The van der Waals surface area contributed by atoms with E-state index in [1.54, 1.807) is 24.3 Å². The molecule has 1 aliphatic carbocycles. The largest absolute Gasteiger partial charge is 0.495 e. The van der Waals surface area contributed by atoms with Crippen molar-refractivity contribution in [1.29, 1.82) is 0 Å². The maximum absolute atomic E-state index is 12.8. The van der Waals surface area contributed by atoms with Crippen LogP contribution in [0.25, 0.3) is 0 Å². The number of primary sulfonamides is 1. The van der Waals surface area contributed by atoms with Gasteiger partial charge in [0.05, 0.1) is 12.5 Å². The molecule has 0 aliphatic heterocycles. The van der Waals surface area contributed by atoms with Crippen molar-refractivity contribution in [2.75, 3.05) is 12.4 Å². The summed E-state index contributed by atoms with van der Waals surface area (Å²) >= 11 is 6.02. The molecule has 0 saturated heterocycles. The van der Waals surface area contributed by atoms with E-state index < -0.39 is 15.4 Å². The molecule has 8 heteroatoms. The lowest BCUT2D eigenvalue weighted by molar-refractivity contribution is -0.118. The van der Waals surface area contributed by atoms with Crippen LogP contribution in [0.5, 0.6) is 5.75 Å². The number of halogens is 1. The third kappa shape index (κ3) is 3.49. The molecule has 1 aliphatic rings. The Labute approximate surface area is 151 Å². The van der Waals surface area contributed by atoms with Gasteiger partial charge in [-0.2, -0.15) is 0 Å². The van der Waals surface area contributed by atoms with E-state index in [1.807, 2.05) is 6.07 Å². The minimum absolute atomic E-state index is 0.122. The molecule has 0 spiro atoms. The van der Waals surface area contributed by atoms with Crippen LogP contribution in [0, 0.1) is 0 Å². The molecule has 3 N–H and O–H groups in total. The summed E-state index contributed by atoms with van der Waals surface area (Å²) in [6.45, 7) is 0. The topological polar surface area (TPSA) is 98.5 Å². The number of hydrogen-bond acceptors (Lipinski definition) is 4. The Hall–Kier alpha value is -2.09. The van der Waals surface area contributed by atoms with Crippen molar-refractivity contribution in [2.24, 2.45) is 5.14 Å². The van der Waals surface area contributed by atoms with Crippen molar-refractivity contribution >= 4 is 33.2 Å². The number of methoxy groups -OCH3 is 1. The molecule has 3 rings (SSSR count). The van der Waals surface area contributed by atoms with Gasteiger partial charge in [-0.1, -0.05) is 23.7 Å². The smallest absolute Gasteiger partial charge is 0.241 e. The summed E-state index contributed by atoms with van der Waals surface area (Å²) in [6, 6.07) is 11.5. The SMILES string of the molecule is COc1ccc(NC(=O)C2(c3cccc(Cl)c3)CC2)cc1S(N)(=O)=O. The molecule has 0 unspecified atom stereocenters. The van der Waals surface area contributed by atoms with Gasteiger partial charge in [0, 0.05) is 10.7 Å². The molecule has 2 aromatic rings. The minimum Gasteiger partial charge on any atom is -0.495 e. The Morgan fingerprint density at radius 2 is 1.96 bits per heavy atom. The van der Waals surface area contributed by atoms with Gasteiger partial charge < -0.3 is 10.1 Å². The summed E-state index contributed by atoms with van der Waals surface area (Å²) in [5.74, 6) is -0.0863. The van der Waals surface area contributed by atoms with Crippen LogP contribution >= 0.6 is 11.6 Å². The lowest BCUT2D eigenvalue weighted by Crippen LogP contribution is -2.28. The number of sulfonamides is 1. The molecular weight excluding hydrogens is 364 g/mol. The predicted molar refractivity (Wildman–Crippen MR) is 95.4 cm³/mol. The summed E-state index contributed by atoms with van der Waals surface area (Å²) in [4.78, 5) is 12.6. The molecule has 0 heterocycles. The summed E-state index contributed by atoms with van der Waals surface area (Å²) in [7, 11) is -2.63. The van der Waals surface area contributed by atoms with E-state index in [2.05, 4.69) is 5.32 Å². The fraction of sp³-hybridized carbons (Fsp3) is 0.235. The highest BCUT2D eigenvalue weighted by molar-refractivity contribution is 7.89. The number of anilines is 1. The fourth-order valence-electron chi connectivity index (χ4n) is 2.79. The lowest BCUT2D eigenvalue weighted by atomic mass is 9.95. The highest BCUT2D eigenvalue weighted by atomic mass is 35.5. The zero-order valence-electron chi connectivity index (χ0n) is 13.5. The lowest BCUT2D eigenvalue weighted by Gasteiger charge is -2.17. The van der Waals surface area contributed by atoms with Gasteiger partial charge in [0.25, 0.3) is 0 Å². The quantitative estimate of drug-likeness (QED) is 0.833. The molecule has 25 heavy (non-hydrogen) atoms. The monoisotopic (exact) mass is 380 g/mol. The molecule has 1 amide bonds. The molecule has 2 aromatic carbocycles. The van der Waals surface area contributed by atoms with E-state index in [9.17, 15) is 13.2 Å². The first kappa shape index (κ1) is 17.7. The number of benzene rings is 2. The second kappa shape index (κ2) is 6.33.